The van der Waals surface area contributed by atoms with Crippen LogP contribution in [0.15, 0.2) is 61.1 Å². The lowest BCUT2D eigenvalue weighted by molar-refractivity contribution is 0.0314. The number of para-hydroxylation sites is 1. The Morgan fingerprint density at radius 1 is 1.09 bits per heavy atom. The van der Waals surface area contributed by atoms with Crippen LogP contribution in [0.25, 0.3) is 16.7 Å². The summed E-state index contributed by atoms with van der Waals surface area (Å²) in [6.45, 7) is 2.10. The molecule has 2 bridgehead atoms. The van der Waals surface area contributed by atoms with Crippen LogP contribution in [0.4, 0.5) is 4.39 Å². The molecule has 2 aromatic heterocycles. The number of aromatic nitrogens is 5. The standard InChI is InChI=1S/C24H21FN6O2/c1-14-15-10-21(22(11-15)33-23-13-26-19-12-16(25)6-7-18(19)29-23)30(14)24(32)17-4-2-3-5-20(17)31-27-8-9-28-31/h2-9,12-15,21-22H,10-11H2,1H3. The Bertz CT molecular complexity index is 1340. The largest absolute Gasteiger partial charge is 0.471 e. The Kier molecular flexibility index (Phi) is 4.56. The van der Waals surface area contributed by atoms with E-state index >= 15 is 0 Å². The zero-order valence-corrected chi connectivity index (χ0v) is 17.9. The van der Waals surface area contributed by atoms with Crippen molar-refractivity contribution in [3.05, 3.63) is 72.4 Å². The quantitative estimate of drug-likeness (QED) is 0.480. The van der Waals surface area contributed by atoms with Crippen LogP contribution >= 0.6 is 0 Å². The highest BCUT2D eigenvalue weighted by molar-refractivity contribution is 5.98. The predicted molar refractivity (Wildman–Crippen MR) is 117 cm³/mol. The molecule has 8 nitrogen and oxygen atoms in total. The van der Waals surface area contributed by atoms with Gasteiger partial charge in [-0.25, -0.2) is 14.4 Å². The van der Waals surface area contributed by atoms with E-state index in [-0.39, 0.29) is 29.9 Å². The minimum absolute atomic E-state index is 0.0590. The number of rotatable bonds is 4. The van der Waals surface area contributed by atoms with Gasteiger partial charge in [0.25, 0.3) is 5.91 Å². The zero-order chi connectivity index (χ0) is 22.5. The maximum atomic E-state index is 13.7. The molecule has 33 heavy (non-hydrogen) atoms. The minimum atomic E-state index is -0.354. The van der Waals surface area contributed by atoms with E-state index in [1.165, 1.54) is 23.1 Å². The van der Waals surface area contributed by atoms with Gasteiger partial charge in [-0.05, 0) is 49.9 Å². The maximum Gasteiger partial charge on any atom is 0.256 e. The number of fused-ring (bicyclic) bond motifs is 3. The van der Waals surface area contributed by atoms with Crippen molar-refractivity contribution >= 4 is 16.9 Å². The van der Waals surface area contributed by atoms with E-state index in [0.717, 1.165) is 12.8 Å². The lowest BCUT2D eigenvalue weighted by atomic mass is 9.98. The number of likely N-dealkylation sites (tertiary alicyclic amines) is 1. The Balaban J connectivity index is 1.28. The molecule has 6 rings (SSSR count). The Hall–Kier alpha value is -3.88. The molecule has 1 aliphatic heterocycles. The van der Waals surface area contributed by atoms with E-state index in [1.807, 2.05) is 29.2 Å². The second kappa shape index (κ2) is 7.61. The van der Waals surface area contributed by atoms with Gasteiger partial charge in [0.15, 0.2) is 0 Å². The van der Waals surface area contributed by atoms with Crippen molar-refractivity contribution in [2.45, 2.75) is 38.0 Å². The van der Waals surface area contributed by atoms with E-state index < -0.39 is 0 Å². The first-order chi connectivity index (χ1) is 16.1. The molecule has 166 valence electrons. The molecule has 2 aliphatic rings. The van der Waals surface area contributed by atoms with Crippen molar-refractivity contribution in [1.29, 1.82) is 0 Å². The molecule has 4 unspecified atom stereocenters. The molecule has 1 aliphatic carbocycles. The Morgan fingerprint density at radius 2 is 1.91 bits per heavy atom. The topological polar surface area (TPSA) is 86.0 Å². The van der Waals surface area contributed by atoms with E-state index in [1.54, 1.807) is 18.5 Å². The van der Waals surface area contributed by atoms with E-state index in [2.05, 4.69) is 27.1 Å². The summed E-state index contributed by atoms with van der Waals surface area (Å²) in [6, 6.07) is 11.7. The fraction of sp³-hybridized carbons (Fsp3) is 0.292. The van der Waals surface area contributed by atoms with Crippen LogP contribution in [0, 0.1) is 11.7 Å². The fourth-order valence-electron chi connectivity index (χ4n) is 5.18. The summed E-state index contributed by atoms with van der Waals surface area (Å²) in [7, 11) is 0. The number of hydrogen-bond acceptors (Lipinski definition) is 6. The van der Waals surface area contributed by atoms with Crippen LogP contribution in [0.5, 0.6) is 5.88 Å². The van der Waals surface area contributed by atoms with E-state index in [0.29, 0.717) is 34.1 Å². The molecule has 0 N–H and O–H groups in total. The average Bonchev–Trinajstić information content (AvgIpc) is 3.56. The first-order valence-corrected chi connectivity index (χ1v) is 11.0. The SMILES string of the molecule is CC1C2CC(Oc3cnc4cc(F)ccc4n3)C(C2)N1C(=O)c1ccccc1-n1nccn1. The molecule has 0 spiro atoms. The number of carbonyl (C=O) groups is 1. The maximum absolute atomic E-state index is 13.7. The molecule has 3 heterocycles. The highest BCUT2D eigenvalue weighted by Gasteiger charge is 2.53. The third-order valence-corrected chi connectivity index (χ3v) is 6.74. The monoisotopic (exact) mass is 444 g/mol. The zero-order valence-electron chi connectivity index (χ0n) is 17.9. The summed E-state index contributed by atoms with van der Waals surface area (Å²) in [5.41, 5.74) is 2.25. The van der Waals surface area contributed by atoms with E-state index in [9.17, 15) is 9.18 Å². The third kappa shape index (κ3) is 3.31. The van der Waals surface area contributed by atoms with Gasteiger partial charge >= 0.3 is 0 Å². The molecule has 1 amide bonds. The number of ether oxygens (including phenoxy) is 1. The first kappa shape index (κ1) is 19.8. The molecular weight excluding hydrogens is 423 g/mol. The molecule has 1 saturated heterocycles. The molecule has 2 aromatic carbocycles. The van der Waals surface area contributed by atoms with Crippen molar-refractivity contribution in [2.75, 3.05) is 0 Å². The Morgan fingerprint density at radius 3 is 2.73 bits per heavy atom. The fourth-order valence-corrected chi connectivity index (χ4v) is 5.18. The molecular formula is C24H21FN6O2. The lowest BCUT2D eigenvalue weighted by Gasteiger charge is -2.37. The molecule has 4 atom stereocenters. The van der Waals surface area contributed by atoms with Crippen LogP contribution in [0.2, 0.25) is 0 Å². The average molecular weight is 444 g/mol. The van der Waals surface area contributed by atoms with Crippen LogP contribution in [-0.2, 0) is 0 Å². The number of halogens is 1. The third-order valence-electron chi connectivity index (χ3n) is 6.74. The van der Waals surface area contributed by atoms with Crippen molar-refractivity contribution in [2.24, 2.45) is 5.92 Å². The van der Waals surface area contributed by atoms with Gasteiger partial charge in [-0.3, -0.25) is 4.79 Å². The lowest BCUT2D eigenvalue weighted by Crippen LogP contribution is -2.51. The van der Waals surface area contributed by atoms with Gasteiger partial charge in [-0.15, -0.1) is 0 Å². The number of piperidine rings is 1. The van der Waals surface area contributed by atoms with Gasteiger partial charge in [0.2, 0.25) is 5.88 Å². The van der Waals surface area contributed by atoms with Gasteiger partial charge in [-0.2, -0.15) is 15.0 Å². The van der Waals surface area contributed by atoms with Gasteiger partial charge in [0, 0.05) is 12.1 Å². The van der Waals surface area contributed by atoms with Crippen LogP contribution in [-0.4, -0.2) is 54.0 Å². The molecule has 1 saturated carbocycles. The van der Waals surface area contributed by atoms with Crippen molar-refractivity contribution in [1.82, 2.24) is 29.9 Å². The summed E-state index contributed by atoms with van der Waals surface area (Å²) in [5.74, 6) is 0.317. The first-order valence-electron chi connectivity index (χ1n) is 11.0. The molecule has 2 fully saturated rings. The predicted octanol–water partition coefficient (Wildman–Crippen LogP) is 3.42. The highest BCUT2D eigenvalue weighted by atomic mass is 19.1. The number of nitrogens with zero attached hydrogens (tertiary/aromatic N) is 6. The summed E-state index contributed by atoms with van der Waals surface area (Å²) in [6.07, 6.45) is 6.24. The van der Waals surface area contributed by atoms with Crippen LogP contribution in [0.3, 0.4) is 0 Å². The van der Waals surface area contributed by atoms with Gasteiger partial charge in [0.1, 0.15) is 11.9 Å². The summed E-state index contributed by atoms with van der Waals surface area (Å²) in [4.78, 5) is 25.9. The number of amides is 1. The normalized spacial score (nSPS) is 23.9. The van der Waals surface area contributed by atoms with Crippen molar-refractivity contribution < 1.29 is 13.9 Å². The van der Waals surface area contributed by atoms with E-state index in [4.69, 9.17) is 4.74 Å². The summed E-state index contributed by atoms with van der Waals surface area (Å²) in [5, 5.41) is 8.39. The van der Waals surface area contributed by atoms with Crippen LogP contribution < -0.4 is 4.74 Å². The van der Waals surface area contributed by atoms with Gasteiger partial charge < -0.3 is 9.64 Å². The number of hydrogen-bond donors (Lipinski definition) is 0. The number of carbonyl (C=O) groups excluding carboxylic acids is 1. The summed E-state index contributed by atoms with van der Waals surface area (Å²) >= 11 is 0. The molecule has 4 aromatic rings. The van der Waals surface area contributed by atoms with Gasteiger partial charge in [0.05, 0.1) is 46.9 Å². The Labute approximate surface area is 189 Å². The number of benzene rings is 2. The highest BCUT2D eigenvalue weighted by Crippen LogP contribution is 2.44. The molecule has 0 radical (unpaired) electrons. The molecule has 9 heteroatoms. The van der Waals surface area contributed by atoms with Gasteiger partial charge in [-0.1, -0.05) is 12.1 Å². The second-order valence-electron chi connectivity index (χ2n) is 8.59. The smallest absolute Gasteiger partial charge is 0.256 e. The summed E-state index contributed by atoms with van der Waals surface area (Å²) < 4.78 is 19.7. The minimum Gasteiger partial charge on any atom is -0.471 e. The second-order valence-corrected chi connectivity index (χ2v) is 8.59. The van der Waals surface area contributed by atoms with Crippen LogP contribution in [0.1, 0.15) is 30.1 Å². The van der Waals surface area contributed by atoms with Crippen molar-refractivity contribution in [3.8, 4) is 11.6 Å². The van der Waals surface area contributed by atoms with Crippen molar-refractivity contribution in [3.63, 3.8) is 0 Å².